The van der Waals surface area contributed by atoms with Crippen LogP contribution in [0.5, 0.6) is 0 Å². The van der Waals surface area contributed by atoms with E-state index < -0.39 is 34.5 Å². The average Bonchev–Trinajstić information content (AvgIpc) is 3.54. The SMILES string of the molecule is C=CC1(n2c(=O)c3c(C=N)c(CN(NC(=O)OC(C)(C=N)CC)C(N)=O)sc3n(CC#N)c2=O)CC1. The molecule has 2 heterocycles. The van der Waals surface area contributed by atoms with Crippen LogP contribution in [0.3, 0.4) is 0 Å². The lowest BCUT2D eigenvalue weighted by Crippen LogP contribution is -2.50. The first-order valence-corrected chi connectivity index (χ1v) is 11.7. The largest absolute Gasteiger partial charge is 0.436 e. The summed E-state index contributed by atoms with van der Waals surface area (Å²) in [6, 6.07) is 0.861. The van der Waals surface area contributed by atoms with Crippen LogP contribution >= 0.6 is 11.3 Å². The van der Waals surface area contributed by atoms with Crippen molar-refractivity contribution in [1.29, 1.82) is 16.1 Å². The van der Waals surface area contributed by atoms with Crippen LogP contribution < -0.4 is 22.4 Å². The minimum atomic E-state index is -1.20. The Kier molecular flexibility index (Phi) is 7.16. The van der Waals surface area contributed by atoms with E-state index in [1.807, 2.05) is 6.07 Å². The van der Waals surface area contributed by atoms with Crippen LogP contribution in [-0.2, 0) is 23.4 Å². The Balaban J connectivity index is 2.12. The second-order valence-corrected chi connectivity index (χ2v) is 9.56. The van der Waals surface area contributed by atoms with Gasteiger partial charge in [-0.2, -0.15) is 5.26 Å². The smallest absolute Gasteiger partial charge is 0.427 e. The molecule has 1 atom stereocenters. The Hall–Kier alpha value is -4.25. The van der Waals surface area contributed by atoms with E-state index in [0.717, 1.165) is 37.9 Å². The van der Waals surface area contributed by atoms with E-state index in [1.54, 1.807) is 6.92 Å². The van der Waals surface area contributed by atoms with Gasteiger partial charge in [-0.3, -0.25) is 9.36 Å². The molecule has 0 aliphatic heterocycles. The third-order valence-corrected chi connectivity index (χ3v) is 7.39. The first-order valence-electron chi connectivity index (χ1n) is 10.9. The molecule has 3 amide bonds. The molecule has 0 radical (unpaired) electrons. The number of hydrazine groups is 1. The fourth-order valence-electron chi connectivity index (χ4n) is 3.66. The summed E-state index contributed by atoms with van der Waals surface area (Å²) < 4.78 is 7.41. The molecule has 1 aliphatic rings. The highest BCUT2D eigenvalue weighted by atomic mass is 32.1. The summed E-state index contributed by atoms with van der Waals surface area (Å²) in [5.41, 5.74) is 4.41. The van der Waals surface area contributed by atoms with Crippen molar-refractivity contribution in [1.82, 2.24) is 19.6 Å². The number of allylic oxidation sites excluding steroid dienone is 1. The number of amides is 3. The van der Waals surface area contributed by atoms with Crippen LogP contribution in [0.4, 0.5) is 9.59 Å². The highest BCUT2D eigenvalue weighted by Crippen LogP contribution is 2.43. The van der Waals surface area contributed by atoms with Gasteiger partial charge in [0.2, 0.25) is 0 Å². The van der Waals surface area contributed by atoms with Gasteiger partial charge in [-0.05, 0) is 26.2 Å². The van der Waals surface area contributed by atoms with E-state index in [4.69, 9.17) is 21.3 Å². The summed E-state index contributed by atoms with van der Waals surface area (Å²) in [6.45, 7) is 6.27. The van der Waals surface area contributed by atoms with Crippen molar-refractivity contribution in [2.45, 2.75) is 57.3 Å². The number of carbonyl (C=O) groups is 2. The fourth-order valence-corrected chi connectivity index (χ4v) is 4.92. The highest BCUT2D eigenvalue weighted by molar-refractivity contribution is 7.19. The molecule has 14 heteroatoms. The molecule has 0 aromatic carbocycles. The van der Waals surface area contributed by atoms with Gasteiger partial charge >= 0.3 is 17.8 Å². The summed E-state index contributed by atoms with van der Waals surface area (Å²) >= 11 is 0.929. The van der Waals surface area contributed by atoms with Gasteiger partial charge in [0.15, 0.2) is 0 Å². The monoisotopic (exact) mass is 514 g/mol. The standard InChI is InChI=1S/C22H26N8O5S/c1-4-21(3,12-25)35-19(33)27-29(18(26)32)11-14-13(10-24)15-16(31)30(22(5-2)6-7-22)20(34)28(9-8-23)17(15)36-14/h5,10,12,24-25H,2,4,6-7,9,11H2,1,3H3,(H2,26,32)(H,27,33). The van der Waals surface area contributed by atoms with Gasteiger partial charge in [-0.15, -0.1) is 17.9 Å². The number of ether oxygens (including phenoxy) is 1. The van der Waals surface area contributed by atoms with E-state index in [0.29, 0.717) is 19.3 Å². The molecule has 1 saturated carbocycles. The number of nitrogens with two attached hydrogens (primary N) is 1. The minimum Gasteiger partial charge on any atom is -0.436 e. The average molecular weight is 515 g/mol. The molecule has 0 spiro atoms. The lowest BCUT2D eigenvalue weighted by atomic mass is 10.1. The van der Waals surface area contributed by atoms with Crippen molar-refractivity contribution in [3.8, 4) is 6.07 Å². The summed E-state index contributed by atoms with van der Waals surface area (Å²) in [6.07, 6.45) is 3.74. The van der Waals surface area contributed by atoms with Crippen molar-refractivity contribution >= 4 is 46.1 Å². The van der Waals surface area contributed by atoms with Crippen LogP contribution in [0, 0.1) is 22.1 Å². The molecule has 36 heavy (non-hydrogen) atoms. The van der Waals surface area contributed by atoms with Gasteiger partial charge in [0.25, 0.3) is 5.56 Å². The normalized spacial score (nSPS) is 15.2. The van der Waals surface area contributed by atoms with Crippen LogP contribution in [0.2, 0.25) is 0 Å². The zero-order valence-corrected chi connectivity index (χ0v) is 20.6. The first-order chi connectivity index (χ1) is 17.0. The Morgan fingerprint density at radius 1 is 1.42 bits per heavy atom. The number of nitrogens with zero attached hydrogens (tertiary/aromatic N) is 4. The molecule has 0 saturated heterocycles. The van der Waals surface area contributed by atoms with Gasteiger partial charge < -0.3 is 21.3 Å². The molecular formula is C22H26N8O5S. The van der Waals surface area contributed by atoms with Crippen molar-refractivity contribution < 1.29 is 14.3 Å². The lowest BCUT2D eigenvalue weighted by Gasteiger charge is -2.26. The molecule has 5 N–H and O–H groups in total. The predicted octanol–water partition coefficient (Wildman–Crippen LogP) is 1.76. The van der Waals surface area contributed by atoms with Crippen LogP contribution in [-0.4, -0.2) is 44.3 Å². The van der Waals surface area contributed by atoms with Crippen molar-refractivity contribution in [3.05, 3.63) is 43.9 Å². The second-order valence-electron chi connectivity index (χ2n) is 8.47. The Morgan fingerprint density at radius 2 is 2.08 bits per heavy atom. The van der Waals surface area contributed by atoms with Gasteiger partial charge in [0.05, 0.1) is 23.5 Å². The van der Waals surface area contributed by atoms with Crippen molar-refractivity contribution in [2.24, 2.45) is 5.73 Å². The predicted molar refractivity (Wildman–Crippen MR) is 133 cm³/mol. The number of fused-ring (bicyclic) bond motifs is 1. The molecular weight excluding hydrogens is 488 g/mol. The number of carbonyl (C=O) groups excluding carboxylic acids is 2. The molecule has 190 valence electrons. The fraction of sp³-hybridized carbons (Fsp3) is 0.409. The Morgan fingerprint density at radius 3 is 2.56 bits per heavy atom. The van der Waals surface area contributed by atoms with Gasteiger partial charge in [0, 0.05) is 22.9 Å². The highest BCUT2D eigenvalue weighted by Gasteiger charge is 2.45. The number of nitriles is 1. The maximum atomic E-state index is 13.5. The molecule has 1 unspecified atom stereocenters. The molecule has 2 aromatic heterocycles. The van der Waals surface area contributed by atoms with E-state index in [1.165, 1.54) is 13.0 Å². The molecule has 1 fully saturated rings. The number of primary amides is 1. The van der Waals surface area contributed by atoms with Gasteiger partial charge in [-0.1, -0.05) is 13.0 Å². The molecule has 2 aromatic rings. The van der Waals surface area contributed by atoms with Crippen LogP contribution in [0.1, 0.15) is 43.6 Å². The molecule has 0 bridgehead atoms. The summed E-state index contributed by atoms with van der Waals surface area (Å²) in [5, 5.41) is 25.5. The number of thiophene rings is 1. The Bertz CT molecular complexity index is 1430. The summed E-state index contributed by atoms with van der Waals surface area (Å²) in [4.78, 5) is 51.6. The lowest BCUT2D eigenvalue weighted by molar-refractivity contribution is 0.0550. The summed E-state index contributed by atoms with van der Waals surface area (Å²) in [5.74, 6) is 0. The van der Waals surface area contributed by atoms with Crippen molar-refractivity contribution in [2.75, 3.05) is 0 Å². The van der Waals surface area contributed by atoms with Crippen LogP contribution in [0.15, 0.2) is 22.2 Å². The van der Waals surface area contributed by atoms with E-state index in [2.05, 4.69) is 12.0 Å². The molecule has 3 rings (SSSR count). The van der Waals surface area contributed by atoms with Crippen molar-refractivity contribution in [3.63, 3.8) is 0 Å². The zero-order chi connectivity index (χ0) is 26.8. The number of aromatic nitrogens is 2. The number of nitrogens with one attached hydrogen (secondary N) is 3. The quantitative estimate of drug-likeness (QED) is 0.223. The van der Waals surface area contributed by atoms with Gasteiger partial charge in [0.1, 0.15) is 17.0 Å². The minimum absolute atomic E-state index is 0.0438. The number of rotatable bonds is 9. The maximum absolute atomic E-state index is 13.5. The topological polar surface area (TPSA) is 200 Å². The molecule has 13 nitrogen and oxygen atoms in total. The van der Waals surface area contributed by atoms with E-state index in [-0.39, 0.29) is 33.7 Å². The van der Waals surface area contributed by atoms with Gasteiger partial charge in [-0.25, -0.2) is 29.4 Å². The van der Waals surface area contributed by atoms with Crippen LogP contribution in [0.25, 0.3) is 10.2 Å². The number of urea groups is 1. The Labute approximate surface area is 209 Å². The van der Waals surface area contributed by atoms with E-state index >= 15 is 0 Å². The zero-order valence-electron chi connectivity index (χ0n) is 19.8. The third-order valence-electron chi connectivity index (χ3n) is 6.18. The molecule has 1 aliphatic carbocycles. The number of hydrogen-bond acceptors (Lipinski definition) is 9. The maximum Gasteiger partial charge on any atom is 0.427 e. The summed E-state index contributed by atoms with van der Waals surface area (Å²) in [7, 11) is 0. The number of hydrogen-bond donors (Lipinski definition) is 4. The third kappa shape index (κ3) is 4.52. The first kappa shape index (κ1) is 26.4. The van der Waals surface area contributed by atoms with E-state index in [9.17, 15) is 24.4 Å². The second kappa shape index (κ2) is 9.78.